The first kappa shape index (κ1) is 20.3. The molecule has 0 saturated heterocycles. The Morgan fingerprint density at radius 1 is 0.958 bits per heavy atom. The van der Waals surface area contributed by atoms with Gasteiger partial charge in [-0.05, 0) is 29.8 Å². The van der Waals surface area contributed by atoms with Crippen molar-refractivity contribution in [3.05, 3.63) is 68.7 Å². The van der Waals surface area contributed by atoms with E-state index in [4.69, 9.17) is 40.5 Å². The summed E-state index contributed by atoms with van der Waals surface area (Å²) >= 11 is 17.6. The molecule has 0 bridgehead atoms. The van der Waals surface area contributed by atoms with E-state index in [2.05, 4.69) is 20.7 Å². The van der Waals surface area contributed by atoms with Gasteiger partial charge in [-0.2, -0.15) is 10.2 Å². The van der Waals surface area contributed by atoms with Crippen LogP contribution in [-0.4, -0.2) is 18.4 Å². The quantitative estimate of drug-likeness (QED) is 0.451. The molecule has 0 atom stereocenters. The summed E-state index contributed by atoms with van der Waals surface area (Å²) in [7, 11) is 0. The third-order valence-electron chi connectivity index (χ3n) is 2.59. The molecule has 2 aromatic rings. The van der Waals surface area contributed by atoms with Crippen molar-refractivity contribution >= 4 is 65.6 Å². The molecule has 24 heavy (non-hydrogen) atoms. The largest absolute Gasteiger partial charge is 0.367 e. The van der Waals surface area contributed by atoms with Gasteiger partial charge in [0.05, 0.1) is 17.5 Å². The molecule has 9 heteroatoms. The van der Waals surface area contributed by atoms with Crippen LogP contribution in [0, 0.1) is 0 Å². The topological polar surface area (TPSA) is 75.1 Å². The Labute approximate surface area is 160 Å². The Balaban J connectivity index is 0.00000288. The van der Waals surface area contributed by atoms with Gasteiger partial charge in [-0.3, -0.25) is 0 Å². The smallest absolute Gasteiger partial charge is 0.234 e. The van der Waals surface area contributed by atoms with Crippen molar-refractivity contribution in [3.63, 3.8) is 0 Å². The van der Waals surface area contributed by atoms with Crippen LogP contribution < -0.4 is 11.2 Å². The number of hydrogen-bond donors (Lipinski definition) is 2. The number of nitrogens with zero attached hydrogens (tertiary/aromatic N) is 3. The van der Waals surface area contributed by atoms with Crippen molar-refractivity contribution in [2.45, 2.75) is 0 Å². The molecule has 0 spiro atoms. The van der Waals surface area contributed by atoms with Crippen molar-refractivity contribution in [3.8, 4) is 0 Å². The van der Waals surface area contributed by atoms with E-state index < -0.39 is 0 Å². The molecule has 2 aromatic carbocycles. The predicted octanol–water partition coefficient (Wildman–Crippen LogP) is 4.34. The van der Waals surface area contributed by atoms with Gasteiger partial charge in [-0.15, -0.1) is 17.5 Å². The summed E-state index contributed by atoms with van der Waals surface area (Å²) in [5, 5.41) is 13.2. The van der Waals surface area contributed by atoms with Crippen molar-refractivity contribution in [1.29, 1.82) is 0 Å². The minimum atomic E-state index is 0. The van der Waals surface area contributed by atoms with E-state index >= 15 is 0 Å². The van der Waals surface area contributed by atoms with Gasteiger partial charge in [0.2, 0.25) is 5.96 Å². The molecule has 0 aliphatic rings. The fourth-order valence-electron chi connectivity index (χ4n) is 1.50. The van der Waals surface area contributed by atoms with Crippen molar-refractivity contribution in [2.75, 3.05) is 0 Å². The predicted molar refractivity (Wildman–Crippen MR) is 105 cm³/mol. The highest BCUT2D eigenvalue weighted by molar-refractivity contribution is 6.36. The van der Waals surface area contributed by atoms with Crippen LogP contribution in [0.4, 0.5) is 0 Å². The zero-order chi connectivity index (χ0) is 16.7. The number of nitrogens with one attached hydrogen (secondary N) is 1. The first-order chi connectivity index (χ1) is 11.0. The lowest BCUT2D eigenvalue weighted by Gasteiger charge is -1.98. The van der Waals surface area contributed by atoms with Crippen molar-refractivity contribution in [1.82, 2.24) is 5.43 Å². The molecule has 0 amide bonds. The lowest BCUT2D eigenvalue weighted by Crippen LogP contribution is -2.26. The van der Waals surface area contributed by atoms with Gasteiger partial charge >= 0.3 is 0 Å². The minimum absolute atomic E-state index is 0. The maximum absolute atomic E-state index is 6.00. The second-order valence-electron chi connectivity index (χ2n) is 4.32. The zero-order valence-electron chi connectivity index (χ0n) is 12.2. The van der Waals surface area contributed by atoms with E-state index in [1.165, 1.54) is 6.21 Å². The summed E-state index contributed by atoms with van der Waals surface area (Å²) in [6.07, 6.45) is 3.05. The van der Waals surface area contributed by atoms with Crippen LogP contribution in [-0.2, 0) is 0 Å². The summed E-state index contributed by atoms with van der Waals surface area (Å²) in [4.78, 5) is 0. The average molecular weight is 405 g/mol. The number of hydrogen-bond acceptors (Lipinski definition) is 3. The van der Waals surface area contributed by atoms with Crippen LogP contribution >= 0.6 is 47.2 Å². The Morgan fingerprint density at radius 3 is 2.29 bits per heavy atom. The van der Waals surface area contributed by atoms with Gasteiger partial charge in [0.15, 0.2) is 0 Å². The van der Waals surface area contributed by atoms with E-state index in [1.54, 1.807) is 36.5 Å². The number of rotatable bonds is 4. The van der Waals surface area contributed by atoms with Crippen LogP contribution in [0.5, 0.6) is 0 Å². The summed E-state index contributed by atoms with van der Waals surface area (Å²) in [5.41, 5.74) is 9.72. The highest BCUT2D eigenvalue weighted by atomic mass is 35.5. The average Bonchev–Trinajstić information content (AvgIpc) is 2.51. The first-order valence-electron chi connectivity index (χ1n) is 6.41. The van der Waals surface area contributed by atoms with Crippen LogP contribution in [0.25, 0.3) is 0 Å². The number of hydrazone groups is 1. The van der Waals surface area contributed by atoms with E-state index in [0.717, 1.165) is 5.56 Å². The van der Waals surface area contributed by atoms with Crippen LogP contribution in [0.2, 0.25) is 15.1 Å². The monoisotopic (exact) mass is 403 g/mol. The molecule has 5 nitrogen and oxygen atoms in total. The van der Waals surface area contributed by atoms with E-state index in [0.29, 0.717) is 20.6 Å². The summed E-state index contributed by atoms with van der Waals surface area (Å²) in [6, 6.07) is 12.2. The molecular weight excluding hydrogens is 392 g/mol. The molecule has 0 unspecified atom stereocenters. The lowest BCUT2D eigenvalue weighted by molar-refractivity contribution is 0.994. The Morgan fingerprint density at radius 2 is 1.62 bits per heavy atom. The van der Waals surface area contributed by atoms with E-state index in [1.807, 2.05) is 12.1 Å². The number of benzene rings is 2. The van der Waals surface area contributed by atoms with Crippen LogP contribution in [0.15, 0.2) is 57.8 Å². The van der Waals surface area contributed by atoms with Gasteiger partial charge in [0.25, 0.3) is 0 Å². The van der Waals surface area contributed by atoms with Crippen LogP contribution in [0.1, 0.15) is 11.1 Å². The summed E-state index contributed by atoms with van der Waals surface area (Å²) in [5.74, 6) is 0.0385. The SMILES string of the molecule is Cl.NC(=NN=Cc1ccc(Cl)cc1Cl)NN=Cc1ccc(Cl)cc1. The van der Waals surface area contributed by atoms with Gasteiger partial charge in [0.1, 0.15) is 0 Å². The Bertz CT molecular complexity index is 757. The molecular formula is C15H13Cl4N5. The standard InChI is InChI=1S/C15H12Cl3N5.ClH/c16-12-4-1-10(2-5-12)8-20-22-15(19)23-21-9-11-3-6-13(17)7-14(11)18;/h1-9H,(H3,19,22,23);1H. The fourth-order valence-corrected chi connectivity index (χ4v) is 2.09. The molecule has 0 aromatic heterocycles. The van der Waals surface area contributed by atoms with E-state index in [9.17, 15) is 0 Å². The number of nitrogens with two attached hydrogens (primary N) is 1. The Kier molecular flexibility index (Phi) is 8.57. The molecule has 0 aliphatic heterocycles. The summed E-state index contributed by atoms with van der Waals surface area (Å²) < 4.78 is 0. The van der Waals surface area contributed by atoms with Gasteiger partial charge in [-0.25, -0.2) is 5.43 Å². The minimum Gasteiger partial charge on any atom is -0.367 e. The van der Waals surface area contributed by atoms with E-state index in [-0.39, 0.29) is 18.4 Å². The summed E-state index contributed by atoms with van der Waals surface area (Å²) in [6.45, 7) is 0. The molecule has 0 radical (unpaired) electrons. The molecule has 0 saturated carbocycles. The molecule has 126 valence electrons. The third-order valence-corrected chi connectivity index (χ3v) is 3.40. The normalized spacial score (nSPS) is 11.7. The third kappa shape index (κ3) is 6.76. The molecule has 0 aliphatic carbocycles. The number of halogens is 4. The van der Waals surface area contributed by atoms with Crippen molar-refractivity contribution in [2.24, 2.45) is 21.0 Å². The highest BCUT2D eigenvalue weighted by Gasteiger charge is 1.97. The molecule has 0 fully saturated rings. The van der Waals surface area contributed by atoms with Crippen molar-refractivity contribution < 1.29 is 0 Å². The second-order valence-corrected chi connectivity index (χ2v) is 5.60. The zero-order valence-corrected chi connectivity index (χ0v) is 15.2. The van der Waals surface area contributed by atoms with Gasteiger partial charge in [-0.1, -0.05) is 53.0 Å². The van der Waals surface area contributed by atoms with Gasteiger partial charge < -0.3 is 5.73 Å². The maximum Gasteiger partial charge on any atom is 0.234 e. The maximum atomic E-state index is 6.00. The second kappa shape index (κ2) is 10.2. The highest BCUT2D eigenvalue weighted by Crippen LogP contribution is 2.19. The lowest BCUT2D eigenvalue weighted by atomic mass is 10.2. The fraction of sp³-hybridized carbons (Fsp3) is 0. The molecule has 0 heterocycles. The first-order valence-corrected chi connectivity index (χ1v) is 7.54. The molecule has 2 rings (SSSR count). The van der Waals surface area contributed by atoms with Gasteiger partial charge in [0, 0.05) is 15.6 Å². The number of guanidine groups is 1. The molecule has 3 N–H and O–H groups in total. The van der Waals surface area contributed by atoms with Crippen LogP contribution in [0.3, 0.4) is 0 Å². The Hall–Kier alpha value is -1.79.